The summed E-state index contributed by atoms with van der Waals surface area (Å²) in [5, 5.41) is 6.22. The lowest BCUT2D eigenvalue weighted by atomic mass is 10.1. The zero-order valence-corrected chi connectivity index (χ0v) is 9.18. The van der Waals surface area contributed by atoms with E-state index in [1.807, 2.05) is 30.3 Å². The van der Waals surface area contributed by atoms with E-state index >= 15 is 0 Å². The van der Waals surface area contributed by atoms with E-state index in [-0.39, 0.29) is 0 Å². The van der Waals surface area contributed by atoms with Crippen molar-refractivity contribution in [3.63, 3.8) is 0 Å². The Morgan fingerprint density at radius 3 is 2.06 bits per heavy atom. The van der Waals surface area contributed by atoms with Crippen LogP contribution in [0, 0.1) is 0 Å². The van der Waals surface area contributed by atoms with Gasteiger partial charge in [-0.1, -0.05) is 36.4 Å². The van der Waals surface area contributed by atoms with Crippen molar-refractivity contribution in [1.29, 1.82) is 0 Å². The van der Waals surface area contributed by atoms with E-state index in [4.69, 9.17) is 18.7 Å². The third-order valence-corrected chi connectivity index (χ3v) is 1.82. The van der Waals surface area contributed by atoms with Crippen LogP contribution in [0.15, 0.2) is 42.5 Å². The van der Waals surface area contributed by atoms with Gasteiger partial charge in [0.2, 0.25) is 0 Å². The van der Waals surface area contributed by atoms with E-state index in [1.165, 1.54) is 5.39 Å². The highest BCUT2D eigenvalue weighted by Crippen LogP contribution is 2.19. The molecular formula is C10H12N2O3S. The third-order valence-electron chi connectivity index (χ3n) is 1.82. The van der Waals surface area contributed by atoms with E-state index < -0.39 is 10.3 Å². The number of benzene rings is 2. The molecule has 16 heavy (non-hydrogen) atoms. The average Bonchev–Trinajstić information content (AvgIpc) is 2.16. The number of nitrogens with two attached hydrogens (primary N) is 2. The minimum Gasteiger partial charge on any atom is -0.398 e. The molecule has 0 amide bonds. The standard InChI is InChI=1S/C10H9N.H3NO3S/c11-10-7-3-5-8-4-1-2-6-9(8)10;1-5(2,3)4/h1-7H,11H2;(H3,1,2,3,4). The van der Waals surface area contributed by atoms with Crippen LogP contribution in [0.25, 0.3) is 10.8 Å². The monoisotopic (exact) mass is 240 g/mol. The number of hydrogen-bond donors (Lipinski definition) is 3. The molecule has 0 aliphatic carbocycles. The molecule has 2 rings (SSSR count). The first-order valence-corrected chi connectivity index (χ1v) is 5.86. The maximum absolute atomic E-state index is 8.97. The fourth-order valence-electron chi connectivity index (χ4n) is 1.25. The summed E-state index contributed by atoms with van der Waals surface area (Å²) in [7, 11) is -4.17. The van der Waals surface area contributed by atoms with Gasteiger partial charge in [0.15, 0.2) is 0 Å². The maximum atomic E-state index is 8.97. The van der Waals surface area contributed by atoms with Gasteiger partial charge in [0.25, 0.3) is 0 Å². The van der Waals surface area contributed by atoms with Crippen molar-refractivity contribution in [2.45, 2.75) is 0 Å². The molecule has 0 bridgehead atoms. The molecule has 2 aromatic carbocycles. The van der Waals surface area contributed by atoms with Gasteiger partial charge < -0.3 is 5.73 Å². The summed E-state index contributed by atoms with van der Waals surface area (Å²) in [5.41, 5.74) is 6.61. The topological polar surface area (TPSA) is 106 Å². The molecule has 5 nitrogen and oxygen atoms in total. The van der Waals surface area contributed by atoms with Crippen LogP contribution in [0.5, 0.6) is 0 Å². The minimum absolute atomic E-state index is 0.850. The van der Waals surface area contributed by atoms with Gasteiger partial charge in [0.05, 0.1) is 0 Å². The molecule has 86 valence electrons. The number of nitrogen functional groups attached to an aromatic ring is 1. The lowest BCUT2D eigenvalue weighted by Gasteiger charge is -1.98. The first kappa shape index (κ1) is 12.4. The molecule has 0 aliphatic heterocycles. The Kier molecular flexibility index (Phi) is 3.83. The molecule has 0 atom stereocenters. The summed E-state index contributed by atoms with van der Waals surface area (Å²) in [5.74, 6) is 0. The van der Waals surface area contributed by atoms with Crippen molar-refractivity contribution in [2.75, 3.05) is 5.73 Å². The van der Waals surface area contributed by atoms with Gasteiger partial charge in [-0.2, -0.15) is 8.42 Å². The van der Waals surface area contributed by atoms with E-state index in [0.717, 1.165) is 11.1 Å². The molecule has 2 aromatic rings. The predicted octanol–water partition coefficient (Wildman–Crippen LogP) is 1.17. The SMILES string of the molecule is NS(=O)(=O)O.Nc1cccc2ccccc12. The van der Waals surface area contributed by atoms with Crippen molar-refractivity contribution < 1.29 is 13.0 Å². The highest BCUT2D eigenvalue weighted by atomic mass is 32.2. The second-order valence-electron chi connectivity index (χ2n) is 3.08. The van der Waals surface area contributed by atoms with Crippen molar-refractivity contribution in [3.05, 3.63) is 42.5 Å². The Morgan fingerprint density at radius 2 is 1.50 bits per heavy atom. The van der Waals surface area contributed by atoms with E-state index in [2.05, 4.69) is 17.3 Å². The molecule has 5 N–H and O–H groups in total. The van der Waals surface area contributed by atoms with E-state index in [9.17, 15) is 0 Å². The van der Waals surface area contributed by atoms with Crippen LogP contribution in [0.1, 0.15) is 0 Å². The van der Waals surface area contributed by atoms with Gasteiger partial charge >= 0.3 is 10.3 Å². The molecular weight excluding hydrogens is 228 g/mol. The first-order chi connectivity index (χ1) is 7.38. The van der Waals surface area contributed by atoms with Crippen molar-refractivity contribution in [1.82, 2.24) is 0 Å². The fourth-order valence-corrected chi connectivity index (χ4v) is 1.25. The molecule has 0 aromatic heterocycles. The van der Waals surface area contributed by atoms with E-state index in [0.29, 0.717) is 0 Å². The van der Waals surface area contributed by atoms with Gasteiger partial charge in [-0.25, -0.2) is 5.14 Å². The Bertz CT molecular complexity index is 568. The normalized spacial score (nSPS) is 10.6. The van der Waals surface area contributed by atoms with Gasteiger partial charge in [0, 0.05) is 11.1 Å². The minimum atomic E-state index is -4.17. The van der Waals surface area contributed by atoms with Crippen LogP contribution >= 0.6 is 0 Å². The Balaban J connectivity index is 0.000000221. The smallest absolute Gasteiger partial charge is 0.330 e. The van der Waals surface area contributed by atoms with Crippen molar-refractivity contribution >= 4 is 26.8 Å². The number of hydrogen-bond acceptors (Lipinski definition) is 3. The summed E-state index contributed by atoms with van der Waals surface area (Å²) >= 11 is 0. The number of fused-ring (bicyclic) bond motifs is 1. The quantitative estimate of drug-likeness (QED) is 0.474. The van der Waals surface area contributed by atoms with Crippen LogP contribution in [0.3, 0.4) is 0 Å². The number of anilines is 1. The van der Waals surface area contributed by atoms with Crippen LogP contribution in [-0.4, -0.2) is 13.0 Å². The second-order valence-corrected chi connectivity index (χ2v) is 4.11. The van der Waals surface area contributed by atoms with E-state index in [1.54, 1.807) is 0 Å². The van der Waals surface area contributed by atoms with Crippen LogP contribution in [-0.2, 0) is 10.3 Å². The summed E-state index contributed by atoms with van der Waals surface area (Å²) in [6, 6.07) is 14.1. The summed E-state index contributed by atoms with van der Waals surface area (Å²) < 4.78 is 25.2. The summed E-state index contributed by atoms with van der Waals surface area (Å²) in [4.78, 5) is 0. The molecule has 6 heteroatoms. The summed E-state index contributed by atoms with van der Waals surface area (Å²) in [6.07, 6.45) is 0. The molecule has 0 spiro atoms. The molecule has 0 aliphatic rings. The van der Waals surface area contributed by atoms with Gasteiger partial charge in [-0.15, -0.1) is 0 Å². The van der Waals surface area contributed by atoms with Crippen molar-refractivity contribution in [2.24, 2.45) is 5.14 Å². The van der Waals surface area contributed by atoms with Gasteiger partial charge in [-0.05, 0) is 11.5 Å². The predicted molar refractivity (Wildman–Crippen MR) is 64.1 cm³/mol. The average molecular weight is 240 g/mol. The highest BCUT2D eigenvalue weighted by Gasteiger charge is 1.92. The lowest BCUT2D eigenvalue weighted by molar-refractivity contribution is 0.485. The molecule has 0 fully saturated rings. The second kappa shape index (κ2) is 4.93. The lowest BCUT2D eigenvalue weighted by Crippen LogP contribution is -2.08. The zero-order chi connectivity index (χ0) is 12.2. The summed E-state index contributed by atoms with van der Waals surface area (Å²) in [6.45, 7) is 0. The van der Waals surface area contributed by atoms with Crippen molar-refractivity contribution in [3.8, 4) is 0 Å². The Labute approximate surface area is 93.6 Å². The Morgan fingerprint density at radius 1 is 1.00 bits per heavy atom. The fraction of sp³-hybridized carbons (Fsp3) is 0. The zero-order valence-electron chi connectivity index (χ0n) is 8.37. The first-order valence-electron chi connectivity index (χ1n) is 4.36. The molecule has 0 unspecified atom stereocenters. The Hall–Kier alpha value is -1.63. The van der Waals surface area contributed by atoms with Crippen LogP contribution in [0.4, 0.5) is 5.69 Å². The van der Waals surface area contributed by atoms with Gasteiger partial charge in [0.1, 0.15) is 0 Å². The number of rotatable bonds is 0. The third kappa shape index (κ3) is 4.26. The highest BCUT2D eigenvalue weighted by molar-refractivity contribution is 7.83. The largest absolute Gasteiger partial charge is 0.398 e. The molecule has 0 radical (unpaired) electrons. The van der Waals surface area contributed by atoms with Crippen LogP contribution < -0.4 is 10.9 Å². The van der Waals surface area contributed by atoms with Gasteiger partial charge in [-0.3, -0.25) is 4.55 Å². The maximum Gasteiger partial charge on any atom is 0.330 e. The molecule has 0 saturated carbocycles. The molecule has 0 heterocycles. The molecule has 0 saturated heterocycles. The van der Waals surface area contributed by atoms with Crippen LogP contribution in [0.2, 0.25) is 0 Å².